The Labute approximate surface area is 156 Å². The van der Waals surface area contributed by atoms with Gasteiger partial charge in [0.05, 0.1) is 22.4 Å². The van der Waals surface area contributed by atoms with Crippen LogP contribution in [0.15, 0.2) is 24.3 Å². The lowest BCUT2D eigenvalue weighted by Crippen LogP contribution is -2.43. The normalized spacial score (nSPS) is 28.3. The summed E-state index contributed by atoms with van der Waals surface area (Å²) in [6.45, 7) is 15.9. The van der Waals surface area contributed by atoms with Crippen molar-refractivity contribution in [3.8, 4) is 6.07 Å². The highest BCUT2D eigenvalue weighted by Crippen LogP contribution is 2.40. The monoisotopic (exact) mass is 359 g/mol. The Kier molecular flexibility index (Phi) is 4.28. The summed E-state index contributed by atoms with van der Waals surface area (Å²) in [5, 5.41) is 9.63. The molecule has 9 heteroatoms. The molecule has 0 amide bonds. The Morgan fingerprint density at radius 2 is 1.19 bits per heavy atom. The zero-order valence-electron chi connectivity index (χ0n) is 16.9. The Hall–Kier alpha value is -1.46. The van der Waals surface area contributed by atoms with Crippen molar-refractivity contribution >= 4 is 14.5 Å². The molecule has 2 fully saturated rings. The van der Waals surface area contributed by atoms with Gasteiger partial charge in [0, 0.05) is 18.6 Å². The zero-order valence-corrected chi connectivity index (χ0v) is 16.9. The molecule has 0 aromatic heterocycles. The first-order valence-electron chi connectivity index (χ1n) is 8.87. The number of nitrogens with zero attached hydrogens (tertiary/aromatic N) is 3. The van der Waals surface area contributed by atoms with Gasteiger partial charge in [-0.2, -0.15) is 5.26 Å². The first-order valence-corrected chi connectivity index (χ1v) is 8.87. The summed E-state index contributed by atoms with van der Waals surface area (Å²) in [4.78, 5) is 3.43. The Bertz CT molecular complexity index is 665. The molecule has 0 aliphatic carbocycles. The van der Waals surface area contributed by atoms with Crippen molar-refractivity contribution in [2.45, 2.75) is 77.8 Å². The maximum absolute atomic E-state index is 9.63. The van der Waals surface area contributed by atoms with Gasteiger partial charge >= 0.3 is 14.5 Å². The second kappa shape index (κ2) is 5.77. The third-order valence-electron chi connectivity index (χ3n) is 6.02. The molecule has 0 unspecified atom stereocenters. The molecule has 0 N–H and O–H groups in total. The van der Waals surface area contributed by atoms with Crippen molar-refractivity contribution in [1.82, 2.24) is 9.62 Å². The van der Waals surface area contributed by atoms with Gasteiger partial charge < -0.3 is 28.2 Å². The van der Waals surface area contributed by atoms with Gasteiger partial charge in [-0.15, -0.1) is 0 Å². The SMILES string of the molecule is CC1(C)OB(N2C=CN(B3OC(C)(C)C(C)(C)O3)C(C#N)=C2)OC1(C)C. The van der Waals surface area contributed by atoms with E-state index in [4.69, 9.17) is 18.6 Å². The largest absolute Gasteiger partial charge is 0.599 e. The van der Waals surface area contributed by atoms with Gasteiger partial charge in [0.25, 0.3) is 0 Å². The molecule has 3 aliphatic heterocycles. The zero-order chi connectivity index (χ0) is 19.5. The molecule has 0 aromatic rings. The Balaban J connectivity index is 1.79. The fourth-order valence-electron chi connectivity index (χ4n) is 2.74. The molecule has 0 atom stereocenters. The van der Waals surface area contributed by atoms with Crippen molar-refractivity contribution in [2.75, 3.05) is 0 Å². The van der Waals surface area contributed by atoms with E-state index >= 15 is 0 Å². The third-order valence-corrected chi connectivity index (χ3v) is 6.02. The second-order valence-electron chi connectivity index (χ2n) is 8.91. The van der Waals surface area contributed by atoms with Crippen LogP contribution in [0.5, 0.6) is 0 Å². The van der Waals surface area contributed by atoms with E-state index in [1.54, 1.807) is 28.2 Å². The lowest BCUT2D eigenvalue weighted by Gasteiger charge is -2.32. The van der Waals surface area contributed by atoms with Crippen LogP contribution in [0.1, 0.15) is 55.4 Å². The number of nitriles is 1. The summed E-state index contributed by atoms with van der Waals surface area (Å²) in [5.41, 5.74) is -1.46. The van der Waals surface area contributed by atoms with Crippen LogP contribution in [0, 0.1) is 11.3 Å². The Morgan fingerprint density at radius 3 is 1.62 bits per heavy atom. The Morgan fingerprint density at radius 1 is 0.769 bits per heavy atom. The minimum Gasteiger partial charge on any atom is -0.384 e. The first-order chi connectivity index (χ1) is 11.8. The lowest BCUT2D eigenvalue weighted by molar-refractivity contribution is 0.00578. The van der Waals surface area contributed by atoms with Gasteiger partial charge in [0.2, 0.25) is 0 Å². The molecule has 3 heterocycles. The molecular formula is C17H27B2N3O4. The van der Waals surface area contributed by atoms with Crippen LogP contribution in [0.25, 0.3) is 0 Å². The van der Waals surface area contributed by atoms with Crippen LogP contribution < -0.4 is 0 Å². The number of allylic oxidation sites excluding steroid dienone is 1. The molecule has 0 radical (unpaired) electrons. The molecule has 0 aromatic carbocycles. The van der Waals surface area contributed by atoms with Crippen molar-refractivity contribution in [1.29, 1.82) is 5.26 Å². The third kappa shape index (κ3) is 2.95. The van der Waals surface area contributed by atoms with Crippen LogP contribution in [0.4, 0.5) is 0 Å². The smallest absolute Gasteiger partial charge is 0.384 e. The molecule has 0 saturated carbocycles. The number of hydrogen-bond donors (Lipinski definition) is 0. The molecule has 0 bridgehead atoms. The number of hydrogen-bond acceptors (Lipinski definition) is 7. The molecule has 2 saturated heterocycles. The topological polar surface area (TPSA) is 67.2 Å². The molecule has 7 nitrogen and oxygen atoms in total. The van der Waals surface area contributed by atoms with Crippen LogP contribution in [-0.2, 0) is 18.6 Å². The van der Waals surface area contributed by atoms with Gasteiger partial charge in [-0.3, -0.25) is 0 Å². The average molecular weight is 359 g/mol. The van der Waals surface area contributed by atoms with Gasteiger partial charge in [0.15, 0.2) is 0 Å². The van der Waals surface area contributed by atoms with Crippen molar-refractivity contribution in [2.24, 2.45) is 0 Å². The highest BCUT2D eigenvalue weighted by atomic mass is 16.7. The van der Waals surface area contributed by atoms with E-state index in [2.05, 4.69) is 6.07 Å². The summed E-state index contributed by atoms with van der Waals surface area (Å²) in [6.07, 6.45) is 5.24. The van der Waals surface area contributed by atoms with Crippen LogP contribution in [-0.4, -0.2) is 46.5 Å². The van der Waals surface area contributed by atoms with Crippen molar-refractivity contribution in [3.63, 3.8) is 0 Å². The van der Waals surface area contributed by atoms with E-state index in [1.807, 2.05) is 55.4 Å². The summed E-state index contributed by atoms with van der Waals surface area (Å²) < 4.78 is 24.2. The van der Waals surface area contributed by atoms with E-state index in [-0.39, 0.29) is 0 Å². The van der Waals surface area contributed by atoms with Gasteiger partial charge in [-0.1, -0.05) is 0 Å². The summed E-state index contributed by atoms with van der Waals surface area (Å²) in [5.74, 6) is 0. The quantitative estimate of drug-likeness (QED) is 0.702. The lowest BCUT2D eigenvalue weighted by atomic mass is 9.90. The van der Waals surface area contributed by atoms with Crippen LogP contribution in [0.3, 0.4) is 0 Å². The van der Waals surface area contributed by atoms with Crippen molar-refractivity contribution in [3.05, 3.63) is 24.3 Å². The van der Waals surface area contributed by atoms with Gasteiger partial charge in [0.1, 0.15) is 11.8 Å². The van der Waals surface area contributed by atoms with Gasteiger partial charge in [-0.25, -0.2) is 0 Å². The first kappa shape index (κ1) is 19.3. The minimum atomic E-state index is -0.664. The highest BCUT2D eigenvalue weighted by Gasteiger charge is 2.56. The van der Waals surface area contributed by atoms with Gasteiger partial charge in [-0.05, 0) is 55.4 Å². The molecule has 3 aliphatic rings. The number of rotatable bonds is 2. The molecule has 26 heavy (non-hydrogen) atoms. The van der Waals surface area contributed by atoms with E-state index in [1.165, 1.54) is 0 Å². The van der Waals surface area contributed by atoms with E-state index < -0.39 is 36.9 Å². The van der Waals surface area contributed by atoms with E-state index in [9.17, 15) is 5.26 Å². The molecule has 140 valence electrons. The summed E-state index contributed by atoms with van der Waals surface area (Å²) in [6, 6.07) is 2.20. The maximum atomic E-state index is 9.63. The molecule has 0 spiro atoms. The summed E-state index contributed by atoms with van der Waals surface area (Å²) in [7, 11) is -1.26. The summed E-state index contributed by atoms with van der Waals surface area (Å²) >= 11 is 0. The average Bonchev–Trinajstić information content (AvgIpc) is 2.86. The minimum absolute atomic E-state index is 0.390. The van der Waals surface area contributed by atoms with Crippen LogP contribution in [0.2, 0.25) is 0 Å². The molecule has 3 rings (SSSR count). The predicted octanol–water partition coefficient (Wildman–Crippen LogP) is 2.62. The fraction of sp³-hybridized carbons (Fsp3) is 0.706. The second-order valence-corrected chi connectivity index (χ2v) is 8.91. The maximum Gasteiger partial charge on any atom is 0.599 e. The van der Waals surface area contributed by atoms with E-state index in [0.29, 0.717) is 5.70 Å². The predicted molar refractivity (Wildman–Crippen MR) is 98.7 cm³/mol. The standard InChI is InChI=1S/C17H27B2N3O4/c1-14(2)15(3,4)24-18(23-14)21-9-10-22(13(11-20)12-21)19-25-16(5,6)17(7,8)26-19/h9-10,12H,1-8H3. The van der Waals surface area contributed by atoms with E-state index in [0.717, 1.165) is 0 Å². The molecular weight excluding hydrogens is 332 g/mol. The van der Waals surface area contributed by atoms with Crippen molar-refractivity contribution < 1.29 is 18.6 Å². The fourth-order valence-corrected chi connectivity index (χ4v) is 2.74. The van der Waals surface area contributed by atoms with Crippen LogP contribution >= 0.6 is 0 Å². The highest BCUT2D eigenvalue weighted by molar-refractivity contribution is 6.44.